The number of unbranched alkanes of at least 4 members (excludes halogenated alkanes) is 8. The number of hydrogen-bond donors (Lipinski definition) is 1. The predicted octanol–water partition coefficient (Wildman–Crippen LogP) is 6.58. The summed E-state index contributed by atoms with van der Waals surface area (Å²) >= 11 is 0. The van der Waals surface area contributed by atoms with Crippen molar-refractivity contribution in [3.8, 4) is 0 Å². The van der Waals surface area contributed by atoms with Crippen molar-refractivity contribution in [2.45, 2.75) is 71.1 Å². The Balaban J connectivity index is 1.43. The van der Waals surface area contributed by atoms with Crippen LogP contribution in [0.2, 0.25) is 0 Å². The molecule has 0 aliphatic heterocycles. The molecule has 1 aromatic heterocycles. The molecule has 0 unspecified atom stereocenters. The molecule has 0 saturated carbocycles. The maximum absolute atomic E-state index is 5.69. The Morgan fingerprint density at radius 3 is 2.31 bits per heavy atom. The topological polar surface area (TPSA) is 34.1 Å². The average molecular weight is 357 g/mol. The van der Waals surface area contributed by atoms with Crippen LogP contribution in [0.4, 0.5) is 5.69 Å². The van der Waals surface area contributed by atoms with Crippen LogP contribution in [-0.2, 0) is 4.74 Å². The molecule has 1 N–H and O–H groups in total. The molecule has 3 heteroatoms. The number of aromatic nitrogens is 1. The normalized spacial score (nSPS) is 11.1. The van der Waals surface area contributed by atoms with E-state index in [1.165, 1.54) is 75.3 Å². The molecule has 0 spiro atoms. The van der Waals surface area contributed by atoms with Gasteiger partial charge in [-0.3, -0.25) is 4.98 Å². The van der Waals surface area contributed by atoms with Gasteiger partial charge < -0.3 is 10.1 Å². The number of fused-ring (bicyclic) bond motifs is 1. The molecule has 0 bridgehead atoms. The van der Waals surface area contributed by atoms with Crippen LogP contribution < -0.4 is 5.32 Å². The Morgan fingerprint density at radius 1 is 0.808 bits per heavy atom. The summed E-state index contributed by atoms with van der Waals surface area (Å²) in [5.74, 6) is 0. The lowest BCUT2D eigenvalue weighted by Gasteiger charge is -2.09. The van der Waals surface area contributed by atoms with Crippen LogP contribution in [0.25, 0.3) is 10.9 Å². The molecule has 1 heterocycles. The fraction of sp³-hybridized carbons (Fsp3) is 0.609. The van der Waals surface area contributed by atoms with Crippen molar-refractivity contribution in [2.75, 3.05) is 25.1 Å². The van der Waals surface area contributed by atoms with Gasteiger partial charge in [0.1, 0.15) is 0 Å². The van der Waals surface area contributed by atoms with Crippen LogP contribution >= 0.6 is 0 Å². The van der Waals surface area contributed by atoms with Crippen LogP contribution in [0, 0.1) is 0 Å². The summed E-state index contributed by atoms with van der Waals surface area (Å²) in [7, 11) is 0. The van der Waals surface area contributed by atoms with Gasteiger partial charge in [0, 0.05) is 37.0 Å². The zero-order chi connectivity index (χ0) is 18.3. The predicted molar refractivity (Wildman–Crippen MR) is 113 cm³/mol. The SMILES string of the molecule is CCCCCCOCCCCCCCCNc1ccnc2ccccc12. The van der Waals surface area contributed by atoms with Gasteiger partial charge in [0.05, 0.1) is 5.52 Å². The van der Waals surface area contributed by atoms with Crippen LogP contribution in [0.5, 0.6) is 0 Å². The lowest BCUT2D eigenvalue weighted by molar-refractivity contribution is 0.126. The molecule has 1 aromatic carbocycles. The Hall–Kier alpha value is -1.61. The highest BCUT2D eigenvalue weighted by Crippen LogP contribution is 2.20. The van der Waals surface area contributed by atoms with Crippen LogP contribution in [0.1, 0.15) is 71.1 Å². The Bertz CT molecular complexity index is 594. The third kappa shape index (κ3) is 8.18. The van der Waals surface area contributed by atoms with Crippen molar-refractivity contribution in [1.29, 1.82) is 0 Å². The van der Waals surface area contributed by atoms with Crippen molar-refractivity contribution < 1.29 is 4.74 Å². The molecule has 0 saturated heterocycles. The van der Waals surface area contributed by atoms with Crippen molar-refractivity contribution in [3.63, 3.8) is 0 Å². The highest BCUT2D eigenvalue weighted by Gasteiger charge is 2.00. The van der Waals surface area contributed by atoms with E-state index in [4.69, 9.17) is 4.74 Å². The number of ether oxygens (including phenoxy) is 1. The zero-order valence-electron chi connectivity index (χ0n) is 16.5. The van der Waals surface area contributed by atoms with Gasteiger partial charge in [-0.2, -0.15) is 0 Å². The van der Waals surface area contributed by atoms with E-state index in [9.17, 15) is 0 Å². The number of benzene rings is 1. The quantitative estimate of drug-likeness (QED) is 0.366. The number of rotatable bonds is 15. The first-order valence-corrected chi connectivity index (χ1v) is 10.6. The van der Waals surface area contributed by atoms with E-state index in [-0.39, 0.29) is 0 Å². The van der Waals surface area contributed by atoms with Gasteiger partial charge in [-0.05, 0) is 31.4 Å². The number of nitrogens with one attached hydrogen (secondary N) is 1. The van der Waals surface area contributed by atoms with E-state index in [0.717, 1.165) is 25.3 Å². The maximum Gasteiger partial charge on any atom is 0.0722 e. The summed E-state index contributed by atoms with van der Waals surface area (Å²) < 4.78 is 5.69. The maximum atomic E-state index is 5.69. The molecule has 3 nitrogen and oxygen atoms in total. The summed E-state index contributed by atoms with van der Waals surface area (Å²) in [5.41, 5.74) is 2.26. The van der Waals surface area contributed by atoms with Gasteiger partial charge in [-0.15, -0.1) is 0 Å². The highest BCUT2D eigenvalue weighted by atomic mass is 16.5. The van der Waals surface area contributed by atoms with Gasteiger partial charge in [-0.25, -0.2) is 0 Å². The van der Waals surface area contributed by atoms with E-state index >= 15 is 0 Å². The first kappa shape index (κ1) is 20.7. The summed E-state index contributed by atoms with van der Waals surface area (Å²) in [6.45, 7) is 5.19. The lowest BCUT2D eigenvalue weighted by atomic mass is 10.1. The van der Waals surface area contributed by atoms with Gasteiger partial charge in [0.15, 0.2) is 0 Å². The zero-order valence-corrected chi connectivity index (χ0v) is 16.5. The molecule has 144 valence electrons. The van der Waals surface area contributed by atoms with Gasteiger partial charge in [0.25, 0.3) is 0 Å². The van der Waals surface area contributed by atoms with Crippen molar-refractivity contribution in [1.82, 2.24) is 4.98 Å². The molecule has 26 heavy (non-hydrogen) atoms. The average Bonchev–Trinajstić information content (AvgIpc) is 2.68. The minimum Gasteiger partial charge on any atom is -0.384 e. The molecule has 0 atom stereocenters. The third-order valence-corrected chi connectivity index (χ3v) is 4.82. The monoisotopic (exact) mass is 356 g/mol. The van der Waals surface area contributed by atoms with E-state index in [1.807, 2.05) is 12.3 Å². The standard InChI is InChI=1S/C23H36N2O/c1-2-3-4-12-19-26-20-13-8-6-5-7-11-17-24-23-16-18-25-22-15-10-9-14-21(22)23/h9-10,14-16,18H,2-8,11-13,17,19-20H2,1H3,(H,24,25). The molecular weight excluding hydrogens is 320 g/mol. The van der Waals surface area contributed by atoms with E-state index in [1.54, 1.807) is 0 Å². The number of para-hydroxylation sites is 1. The Morgan fingerprint density at radius 2 is 1.50 bits per heavy atom. The van der Waals surface area contributed by atoms with Crippen LogP contribution in [0.3, 0.4) is 0 Å². The highest BCUT2D eigenvalue weighted by molar-refractivity contribution is 5.90. The molecule has 0 radical (unpaired) electrons. The molecule has 0 fully saturated rings. The number of anilines is 1. The summed E-state index contributed by atoms with van der Waals surface area (Å²) in [6.07, 6.45) is 14.8. The van der Waals surface area contributed by atoms with Crippen LogP contribution in [0.15, 0.2) is 36.5 Å². The second kappa shape index (κ2) is 13.6. The molecule has 0 aliphatic carbocycles. The molecular formula is C23H36N2O. The minimum absolute atomic E-state index is 0.947. The Labute approximate surface area is 159 Å². The fourth-order valence-electron chi connectivity index (χ4n) is 3.24. The molecule has 0 amide bonds. The second-order valence-corrected chi connectivity index (χ2v) is 7.10. The van der Waals surface area contributed by atoms with Crippen molar-refractivity contribution in [3.05, 3.63) is 36.5 Å². The summed E-state index contributed by atoms with van der Waals surface area (Å²) in [6, 6.07) is 10.4. The van der Waals surface area contributed by atoms with Crippen molar-refractivity contribution >= 4 is 16.6 Å². The van der Waals surface area contributed by atoms with Gasteiger partial charge in [-0.1, -0.05) is 70.1 Å². The Kier molecular flexibility index (Phi) is 10.8. The first-order valence-electron chi connectivity index (χ1n) is 10.6. The molecule has 2 rings (SSSR count). The fourth-order valence-corrected chi connectivity index (χ4v) is 3.24. The smallest absolute Gasteiger partial charge is 0.0722 e. The van der Waals surface area contributed by atoms with Crippen LogP contribution in [-0.4, -0.2) is 24.7 Å². The number of nitrogens with zero attached hydrogens (tertiary/aromatic N) is 1. The van der Waals surface area contributed by atoms with E-state index in [0.29, 0.717) is 0 Å². The van der Waals surface area contributed by atoms with Gasteiger partial charge >= 0.3 is 0 Å². The first-order chi connectivity index (χ1) is 12.9. The van der Waals surface area contributed by atoms with E-state index < -0.39 is 0 Å². The van der Waals surface area contributed by atoms with Gasteiger partial charge in [0.2, 0.25) is 0 Å². The molecule has 0 aliphatic rings. The summed E-state index contributed by atoms with van der Waals surface area (Å²) in [4.78, 5) is 4.41. The van der Waals surface area contributed by atoms with E-state index in [2.05, 4.69) is 41.5 Å². The molecule has 2 aromatic rings. The largest absolute Gasteiger partial charge is 0.384 e. The second-order valence-electron chi connectivity index (χ2n) is 7.10. The number of hydrogen-bond acceptors (Lipinski definition) is 3. The number of pyridine rings is 1. The third-order valence-electron chi connectivity index (χ3n) is 4.82. The summed E-state index contributed by atoms with van der Waals surface area (Å²) in [5, 5.41) is 4.78. The van der Waals surface area contributed by atoms with Crippen molar-refractivity contribution in [2.24, 2.45) is 0 Å². The lowest BCUT2D eigenvalue weighted by Crippen LogP contribution is -2.02. The minimum atomic E-state index is 0.947.